The van der Waals surface area contributed by atoms with Crippen molar-refractivity contribution in [2.75, 3.05) is 26.2 Å². The monoisotopic (exact) mass is 432 g/mol. The van der Waals surface area contributed by atoms with Crippen molar-refractivity contribution < 1.29 is 13.2 Å². The van der Waals surface area contributed by atoms with E-state index in [-0.39, 0.29) is 33.9 Å². The fourth-order valence-electron chi connectivity index (χ4n) is 3.00. The Balaban J connectivity index is 1.76. The van der Waals surface area contributed by atoms with Crippen LogP contribution in [0.5, 0.6) is 0 Å². The molecule has 0 spiro atoms. The van der Waals surface area contributed by atoms with Gasteiger partial charge >= 0.3 is 0 Å². The number of thiophene rings is 1. The van der Waals surface area contributed by atoms with Crippen molar-refractivity contribution in [3.05, 3.63) is 49.6 Å². The molecule has 0 radical (unpaired) electrons. The maximum atomic E-state index is 12.9. The molecular formula is C17H18Cl2N2O3S2. The zero-order valence-corrected chi connectivity index (χ0v) is 17.5. The van der Waals surface area contributed by atoms with Crippen LogP contribution in [0.15, 0.2) is 29.2 Å². The Kier molecular flexibility index (Phi) is 5.65. The van der Waals surface area contributed by atoms with Gasteiger partial charge in [-0.25, -0.2) is 8.42 Å². The number of hydrogen-bond donors (Lipinski definition) is 0. The standard InChI is InChI=1S/C17H18Cl2N2O3S2/c1-11-10-13(12(2)25-11)17(22)20-6-8-21(9-7-20)26(23,24)16-14(18)4-3-5-15(16)19/h3-5,10H,6-9H2,1-2H3. The van der Waals surface area contributed by atoms with Crippen molar-refractivity contribution in [2.45, 2.75) is 18.7 Å². The first kappa shape index (κ1) is 19.6. The van der Waals surface area contributed by atoms with E-state index < -0.39 is 10.0 Å². The Morgan fingerprint density at radius 2 is 1.65 bits per heavy atom. The molecule has 2 heterocycles. The summed E-state index contributed by atoms with van der Waals surface area (Å²) in [5, 5.41) is 0.195. The van der Waals surface area contributed by atoms with Gasteiger partial charge in [0, 0.05) is 35.9 Å². The van der Waals surface area contributed by atoms with E-state index in [1.807, 2.05) is 19.9 Å². The largest absolute Gasteiger partial charge is 0.336 e. The maximum Gasteiger partial charge on any atom is 0.255 e. The van der Waals surface area contributed by atoms with E-state index in [2.05, 4.69) is 0 Å². The first-order valence-corrected chi connectivity index (χ1v) is 11.0. The second-order valence-corrected chi connectivity index (χ2v) is 10.2. The topological polar surface area (TPSA) is 57.7 Å². The van der Waals surface area contributed by atoms with Crippen LogP contribution >= 0.6 is 34.5 Å². The number of piperazine rings is 1. The average molecular weight is 433 g/mol. The molecule has 1 aliphatic heterocycles. The summed E-state index contributed by atoms with van der Waals surface area (Å²) in [5.41, 5.74) is 0.693. The third-order valence-electron chi connectivity index (χ3n) is 4.31. The second kappa shape index (κ2) is 7.48. The highest BCUT2D eigenvalue weighted by Gasteiger charge is 2.33. The molecule has 2 aromatic rings. The highest BCUT2D eigenvalue weighted by Crippen LogP contribution is 2.32. The minimum Gasteiger partial charge on any atom is -0.336 e. The molecule has 9 heteroatoms. The second-order valence-electron chi connectivity index (χ2n) is 6.07. The van der Waals surface area contributed by atoms with Crippen molar-refractivity contribution in [3.8, 4) is 0 Å². The van der Waals surface area contributed by atoms with E-state index in [0.29, 0.717) is 18.7 Å². The molecule has 0 atom stereocenters. The lowest BCUT2D eigenvalue weighted by atomic mass is 10.2. The van der Waals surface area contributed by atoms with Gasteiger partial charge in [0.05, 0.1) is 15.6 Å². The minimum atomic E-state index is -3.81. The van der Waals surface area contributed by atoms with Gasteiger partial charge < -0.3 is 4.90 Å². The Bertz CT molecular complexity index is 929. The summed E-state index contributed by atoms with van der Waals surface area (Å²) < 4.78 is 27.1. The summed E-state index contributed by atoms with van der Waals surface area (Å²) in [5.74, 6) is -0.0559. The minimum absolute atomic E-state index is 0.0559. The SMILES string of the molecule is Cc1cc(C(=O)N2CCN(S(=O)(=O)c3c(Cl)cccc3Cl)CC2)c(C)s1. The van der Waals surface area contributed by atoms with Crippen molar-refractivity contribution in [3.63, 3.8) is 0 Å². The van der Waals surface area contributed by atoms with Crippen LogP contribution < -0.4 is 0 Å². The van der Waals surface area contributed by atoms with E-state index >= 15 is 0 Å². The van der Waals surface area contributed by atoms with Crippen LogP contribution in [-0.4, -0.2) is 49.7 Å². The van der Waals surface area contributed by atoms with Crippen LogP contribution in [-0.2, 0) is 10.0 Å². The smallest absolute Gasteiger partial charge is 0.255 e. The predicted molar refractivity (Wildman–Crippen MR) is 105 cm³/mol. The van der Waals surface area contributed by atoms with Gasteiger partial charge in [-0.15, -0.1) is 11.3 Å². The molecule has 0 aliphatic carbocycles. The molecule has 3 rings (SSSR count). The molecule has 0 bridgehead atoms. The number of sulfonamides is 1. The number of carbonyl (C=O) groups is 1. The van der Waals surface area contributed by atoms with Crippen molar-refractivity contribution in [2.24, 2.45) is 0 Å². The zero-order valence-electron chi connectivity index (χ0n) is 14.3. The molecule has 1 saturated heterocycles. The van der Waals surface area contributed by atoms with Gasteiger partial charge in [0.2, 0.25) is 10.0 Å². The molecule has 0 N–H and O–H groups in total. The van der Waals surface area contributed by atoms with E-state index in [4.69, 9.17) is 23.2 Å². The van der Waals surface area contributed by atoms with Crippen LogP contribution in [0.25, 0.3) is 0 Å². The molecule has 1 aliphatic rings. The third-order valence-corrected chi connectivity index (χ3v) is 8.13. The fourth-order valence-corrected chi connectivity index (χ4v) is 6.43. The number of hydrogen-bond acceptors (Lipinski definition) is 4. The van der Waals surface area contributed by atoms with E-state index in [1.54, 1.807) is 22.3 Å². The van der Waals surface area contributed by atoms with E-state index in [1.165, 1.54) is 16.4 Å². The lowest BCUT2D eigenvalue weighted by Crippen LogP contribution is -2.50. The fraction of sp³-hybridized carbons (Fsp3) is 0.353. The molecule has 0 unspecified atom stereocenters. The van der Waals surface area contributed by atoms with Crippen molar-refractivity contribution >= 4 is 50.5 Å². The number of rotatable bonds is 3. The van der Waals surface area contributed by atoms with Gasteiger partial charge in [-0.2, -0.15) is 4.31 Å². The van der Waals surface area contributed by atoms with E-state index in [9.17, 15) is 13.2 Å². The molecule has 1 aromatic heterocycles. The van der Waals surface area contributed by atoms with Gasteiger partial charge in [0.15, 0.2) is 0 Å². The van der Waals surface area contributed by atoms with Crippen molar-refractivity contribution in [1.29, 1.82) is 0 Å². The number of aryl methyl sites for hydroxylation is 2. The molecule has 26 heavy (non-hydrogen) atoms. The van der Waals surface area contributed by atoms with Gasteiger partial charge in [-0.05, 0) is 32.0 Å². The van der Waals surface area contributed by atoms with Gasteiger partial charge in [-0.1, -0.05) is 29.3 Å². The lowest BCUT2D eigenvalue weighted by Gasteiger charge is -2.34. The molecule has 140 valence electrons. The van der Waals surface area contributed by atoms with Crippen LogP contribution in [0.2, 0.25) is 10.0 Å². The Hall–Kier alpha value is -1.12. The Morgan fingerprint density at radius 3 is 2.15 bits per heavy atom. The van der Waals surface area contributed by atoms with Gasteiger partial charge in [0.25, 0.3) is 5.91 Å². The van der Waals surface area contributed by atoms with Crippen molar-refractivity contribution in [1.82, 2.24) is 9.21 Å². The Morgan fingerprint density at radius 1 is 1.08 bits per heavy atom. The summed E-state index contributed by atoms with van der Waals surface area (Å²) in [6.07, 6.45) is 0. The summed E-state index contributed by atoms with van der Waals surface area (Å²) in [4.78, 5) is 16.4. The highest BCUT2D eigenvalue weighted by atomic mass is 35.5. The molecule has 1 fully saturated rings. The zero-order chi connectivity index (χ0) is 19.1. The van der Waals surface area contributed by atoms with Crippen LogP contribution in [0.4, 0.5) is 0 Å². The summed E-state index contributed by atoms with van der Waals surface area (Å²) >= 11 is 13.7. The molecule has 0 saturated carbocycles. The number of benzene rings is 1. The van der Waals surface area contributed by atoms with E-state index in [0.717, 1.165) is 9.75 Å². The number of carbonyl (C=O) groups excluding carboxylic acids is 1. The summed E-state index contributed by atoms with van der Waals surface area (Å²) in [6, 6.07) is 6.49. The molecule has 1 aromatic carbocycles. The van der Waals surface area contributed by atoms with Gasteiger partial charge in [-0.3, -0.25) is 4.79 Å². The summed E-state index contributed by atoms with van der Waals surface area (Å²) in [7, 11) is -3.81. The maximum absolute atomic E-state index is 12.9. The molecule has 5 nitrogen and oxygen atoms in total. The number of amides is 1. The normalized spacial score (nSPS) is 16.1. The Labute approximate surface area is 167 Å². The quantitative estimate of drug-likeness (QED) is 0.740. The first-order valence-electron chi connectivity index (χ1n) is 8.02. The lowest BCUT2D eigenvalue weighted by molar-refractivity contribution is 0.0697. The number of halogens is 2. The average Bonchev–Trinajstić information content (AvgIpc) is 2.92. The van der Waals surface area contributed by atoms with Gasteiger partial charge in [0.1, 0.15) is 4.90 Å². The molecular weight excluding hydrogens is 415 g/mol. The molecule has 1 amide bonds. The highest BCUT2D eigenvalue weighted by molar-refractivity contribution is 7.89. The van der Waals surface area contributed by atoms with Crippen LogP contribution in [0, 0.1) is 13.8 Å². The summed E-state index contributed by atoms with van der Waals surface area (Å²) in [6.45, 7) is 4.95. The van der Waals surface area contributed by atoms with Crippen LogP contribution in [0.1, 0.15) is 20.1 Å². The first-order chi connectivity index (χ1) is 12.2. The van der Waals surface area contributed by atoms with Crippen LogP contribution in [0.3, 0.4) is 0 Å². The predicted octanol–water partition coefficient (Wildman–Crippen LogP) is 3.82. The third kappa shape index (κ3) is 3.64. The number of nitrogens with zero attached hydrogens (tertiary/aromatic N) is 2.